The Hall–Kier alpha value is -3.29. The van der Waals surface area contributed by atoms with E-state index in [1.54, 1.807) is 48.5 Å². The van der Waals surface area contributed by atoms with E-state index in [1.165, 1.54) is 12.0 Å². The van der Waals surface area contributed by atoms with Gasteiger partial charge < -0.3 is 23.9 Å². The number of nitrogens with zero attached hydrogens (tertiary/aromatic N) is 1. The monoisotopic (exact) mass is 455 g/mol. The first-order valence-electron chi connectivity index (χ1n) is 10.1. The minimum atomic E-state index is -0.794. The van der Waals surface area contributed by atoms with Crippen LogP contribution in [0.1, 0.15) is 29.1 Å². The molecule has 0 aliphatic carbocycles. The van der Waals surface area contributed by atoms with Gasteiger partial charge in [0.15, 0.2) is 11.5 Å². The number of carbonyl (C=O) groups excluding carboxylic acids is 2. The van der Waals surface area contributed by atoms with Gasteiger partial charge in [-0.05, 0) is 48.9 Å². The van der Waals surface area contributed by atoms with Crippen LogP contribution in [0.25, 0.3) is 11.0 Å². The molecule has 1 amide bonds. The summed E-state index contributed by atoms with van der Waals surface area (Å²) in [5, 5.41) is 11.8. The van der Waals surface area contributed by atoms with Gasteiger partial charge in [0.25, 0.3) is 5.91 Å². The van der Waals surface area contributed by atoms with Crippen LogP contribution in [0.5, 0.6) is 5.75 Å². The van der Waals surface area contributed by atoms with Crippen LogP contribution in [-0.2, 0) is 9.53 Å². The van der Waals surface area contributed by atoms with Crippen molar-refractivity contribution in [2.75, 3.05) is 26.9 Å². The Morgan fingerprint density at radius 1 is 1.19 bits per heavy atom. The number of ketones is 1. The third kappa shape index (κ3) is 3.97. The van der Waals surface area contributed by atoms with E-state index in [2.05, 4.69) is 0 Å². The van der Waals surface area contributed by atoms with Crippen molar-refractivity contribution in [1.82, 2.24) is 4.90 Å². The number of furan rings is 1. The predicted octanol–water partition coefficient (Wildman–Crippen LogP) is 4.71. The fourth-order valence-corrected chi connectivity index (χ4v) is 4.00. The van der Waals surface area contributed by atoms with Crippen molar-refractivity contribution in [2.24, 2.45) is 0 Å². The van der Waals surface area contributed by atoms with Gasteiger partial charge in [-0.1, -0.05) is 23.7 Å². The van der Waals surface area contributed by atoms with E-state index in [1.807, 2.05) is 6.92 Å². The highest BCUT2D eigenvalue weighted by Gasteiger charge is 2.44. The second kappa shape index (κ2) is 9.06. The Labute approximate surface area is 189 Å². The number of aliphatic hydroxyl groups is 1. The molecule has 0 saturated carbocycles. The number of hydrogen-bond acceptors (Lipinski definition) is 6. The highest BCUT2D eigenvalue weighted by Crippen LogP contribution is 2.40. The molecule has 0 spiro atoms. The third-order valence-electron chi connectivity index (χ3n) is 5.29. The van der Waals surface area contributed by atoms with Crippen LogP contribution in [-0.4, -0.2) is 48.6 Å². The van der Waals surface area contributed by atoms with Crippen molar-refractivity contribution >= 4 is 34.3 Å². The van der Waals surface area contributed by atoms with Crippen LogP contribution in [0, 0.1) is 0 Å². The summed E-state index contributed by atoms with van der Waals surface area (Å²) in [6.45, 7) is 2.84. The van der Waals surface area contributed by atoms with E-state index < -0.39 is 23.5 Å². The smallest absolute Gasteiger partial charge is 0.290 e. The number of fused-ring (bicyclic) bond motifs is 1. The first-order chi connectivity index (χ1) is 15.4. The van der Waals surface area contributed by atoms with Gasteiger partial charge in [0, 0.05) is 24.1 Å². The summed E-state index contributed by atoms with van der Waals surface area (Å²) in [6.07, 6.45) is 0. The van der Waals surface area contributed by atoms with E-state index in [0.717, 1.165) is 0 Å². The molecule has 1 aliphatic heterocycles. The van der Waals surface area contributed by atoms with Crippen LogP contribution >= 0.6 is 11.6 Å². The molecule has 0 bridgehead atoms. The number of ether oxygens (including phenoxy) is 2. The molecule has 32 heavy (non-hydrogen) atoms. The summed E-state index contributed by atoms with van der Waals surface area (Å²) >= 11 is 6.03. The number of hydrogen-bond donors (Lipinski definition) is 1. The maximum atomic E-state index is 13.5. The van der Waals surface area contributed by atoms with Gasteiger partial charge in [-0.2, -0.15) is 0 Å². The number of carbonyl (C=O) groups is 2. The van der Waals surface area contributed by atoms with Crippen molar-refractivity contribution in [3.05, 3.63) is 76.2 Å². The van der Waals surface area contributed by atoms with Crippen LogP contribution in [0.15, 0.2) is 64.3 Å². The second-order valence-electron chi connectivity index (χ2n) is 7.28. The van der Waals surface area contributed by atoms with Crippen LogP contribution in [0.2, 0.25) is 5.02 Å². The molecule has 0 saturated heterocycles. The lowest BCUT2D eigenvalue weighted by Crippen LogP contribution is -2.34. The summed E-state index contributed by atoms with van der Waals surface area (Å²) in [6, 6.07) is 12.8. The number of halogens is 1. The molecule has 1 aromatic heterocycles. The molecule has 4 rings (SSSR count). The zero-order valence-corrected chi connectivity index (χ0v) is 18.4. The molecule has 0 radical (unpaired) electrons. The zero-order valence-electron chi connectivity index (χ0n) is 17.6. The molecule has 0 fully saturated rings. The van der Waals surface area contributed by atoms with Crippen LogP contribution in [0.3, 0.4) is 0 Å². The third-order valence-corrected chi connectivity index (χ3v) is 5.53. The average Bonchev–Trinajstić information content (AvgIpc) is 3.31. The topological polar surface area (TPSA) is 89.2 Å². The lowest BCUT2D eigenvalue weighted by molar-refractivity contribution is -0.130. The van der Waals surface area contributed by atoms with E-state index in [-0.39, 0.29) is 24.5 Å². The minimum absolute atomic E-state index is 0.0149. The zero-order chi connectivity index (χ0) is 22.8. The Balaban J connectivity index is 1.76. The number of aliphatic hydroxyl groups excluding tert-OH is 1. The summed E-state index contributed by atoms with van der Waals surface area (Å²) < 4.78 is 16.3. The van der Waals surface area contributed by atoms with Gasteiger partial charge in [-0.15, -0.1) is 0 Å². The second-order valence-corrected chi connectivity index (χ2v) is 7.72. The SMILES string of the molecule is CCOc1ccc(C2C(C(=O)c3cc4cc(Cl)ccc4o3)=C(O)C(=O)N2CCOC)cc1. The first-order valence-corrected chi connectivity index (χ1v) is 10.5. The van der Waals surface area contributed by atoms with Gasteiger partial charge in [-0.25, -0.2) is 0 Å². The van der Waals surface area contributed by atoms with Gasteiger partial charge in [0.2, 0.25) is 5.78 Å². The standard InChI is InChI=1S/C24H22ClNO6/c1-3-31-17-7-4-14(5-8-17)21-20(23(28)24(29)26(21)10-11-30-2)22(27)19-13-15-12-16(25)6-9-18(15)32-19/h4-9,12-13,21,28H,3,10-11H2,1-2H3. The molecule has 166 valence electrons. The first kappa shape index (κ1) is 21.9. The number of rotatable bonds is 8. The Morgan fingerprint density at radius 3 is 2.62 bits per heavy atom. The number of benzene rings is 2. The maximum absolute atomic E-state index is 13.5. The molecule has 2 heterocycles. The fourth-order valence-electron chi connectivity index (χ4n) is 3.82. The van der Waals surface area contributed by atoms with E-state index in [9.17, 15) is 14.7 Å². The van der Waals surface area contributed by atoms with Gasteiger partial charge in [0.1, 0.15) is 11.3 Å². The quantitative estimate of drug-likeness (QED) is 0.495. The van der Waals surface area contributed by atoms with Crippen LogP contribution < -0.4 is 4.74 Å². The van der Waals surface area contributed by atoms with Crippen LogP contribution in [0.4, 0.5) is 0 Å². The Kier molecular flexibility index (Phi) is 6.21. The predicted molar refractivity (Wildman–Crippen MR) is 119 cm³/mol. The largest absolute Gasteiger partial charge is 0.503 e. The highest BCUT2D eigenvalue weighted by atomic mass is 35.5. The van der Waals surface area contributed by atoms with Crippen molar-refractivity contribution in [3.63, 3.8) is 0 Å². The van der Waals surface area contributed by atoms with E-state index >= 15 is 0 Å². The maximum Gasteiger partial charge on any atom is 0.290 e. The molecule has 2 aromatic carbocycles. The van der Waals surface area contributed by atoms with Gasteiger partial charge in [-0.3, -0.25) is 9.59 Å². The lowest BCUT2D eigenvalue weighted by atomic mass is 9.95. The Morgan fingerprint density at radius 2 is 1.94 bits per heavy atom. The summed E-state index contributed by atoms with van der Waals surface area (Å²) in [4.78, 5) is 27.7. The molecule has 1 N–H and O–H groups in total. The summed E-state index contributed by atoms with van der Waals surface area (Å²) in [7, 11) is 1.52. The molecular weight excluding hydrogens is 434 g/mol. The van der Waals surface area contributed by atoms with Crippen molar-refractivity contribution in [3.8, 4) is 5.75 Å². The number of amides is 1. The molecule has 1 atom stereocenters. The molecule has 3 aromatic rings. The van der Waals surface area contributed by atoms with E-state index in [4.69, 9.17) is 25.5 Å². The number of methoxy groups -OCH3 is 1. The Bertz CT molecular complexity index is 1200. The highest BCUT2D eigenvalue weighted by molar-refractivity contribution is 6.31. The molecule has 1 unspecified atom stereocenters. The molecule has 1 aliphatic rings. The molecular formula is C24H22ClNO6. The van der Waals surface area contributed by atoms with Crippen molar-refractivity contribution in [1.29, 1.82) is 0 Å². The summed E-state index contributed by atoms with van der Waals surface area (Å²) in [5.41, 5.74) is 1.10. The number of Topliss-reactive ketones (excluding diaryl/α,β-unsaturated/α-hetero) is 1. The van der Waals surface area contributed by atoms with Gasteiger partial charge in [0.05, 0.1) is 24.8 Å². The minimum Gasteiger partial charge on any atom is -0.503 e. The van der Waals surface area contributed by atoms with Crippen molar-refractivity contribution in [2.45, 2.75) is 13.0 Å². The average molecular weight is 456 g/mol. The van der Waals surface area contributed by atoms with Gasteiger partial charge >= 0.3 is 0 Å². The lowest BCUT2D eigenvalue weighted by Gasteiger charge is -2.26. The molecule has 8 heteroatoms. The fraction of sp³-hybridized carbons (Fsp3) is 0.250. The summed E-state index contributed by atoms with van der Waals surface area (Å²) in [5.74, 6) is -1.12. The van der Waals surface area contributed by atoms with Crippen molar-refractivity contribution < 1.29 is 28.6 Å². The normalized spacial score (nSPS) is 16.3. The van der Waals surface area contributed by atoms with E-state index in [0.29, 0.717) is 33.9 Å². The molecule has 7 nitrogen and oxygen atoms in total.